The van der Waals surface area contributed by atoms with Crippen molar-refractivity contribution in [2.75, 3.05) is 5.32 Å². The minimum Gasteiger partial charge on any atom is -0.481 e. The molecule has 0 unspecified atom stereocenters. The van der Waals surface area contributed by atoms with E-state index in [1.807, 2.05) is 25.1 Å². The lowest BCUT2D eigenvalue weighted by Gasteiger charge is -2.17. The SMILES string of the molecule is CCc1nc2ccc(Nc3nc(=O)n(CC4(C(=O)O)CC4)c(=O)n3Cc3ccc(Cl)cc3)cc2s1. The summed E-state index contributed by atoms with van der Waals surface area (Å²) in [6.45, 7) is 1.95. The number of nitrogens with zero attached hydrogens (tertiary/aromatic N) is 4. The zero-order valence-electron chi connectivity index (χ0n) is 18.8. The highest BCUT2D eigenvalue weighted by molar-refractivity contribution is 7.18. The lowest BCUT2D eigenvalue weighted by atomic mass is 10.1. The van der Waals surface area contributed by atoms with Crippen molar-refractivity contribution in [3.8, 4) is 0 Å². The van der Waals surface area contributed by atoms with Crippen molar-refractivity contribution in [2.45, 2.75) is 39.3 Å². The summed E-state index contributed by atoms with van der Waals surface area (Å²) in [4.78, 5) is 46.7. The number of aliphatic carboxylic acids is 1. The van der Waals surface area contributed by atoms with Gasteiger partial charge in [-0.05, 0) is 55.2 Å². The molecule has 0 spiro atoms. The molecule has 2 aromatic carbocycles. The number of carboxylic acid groups (broad SMARTS) is 1. The highest BCUT2D eigenvalue weighted by Gasteiger charge is 2.51. The second-order valence-electron chi connectivity index (χ2n) is 8.65. The molecule has 0 radical (unpaired) electrons. The molecule has 2 aromatic heterocycles. The number of halogens is 1. The van der Waals surface area contributed by atoms with Gasteiger partial charge in [0.2, 0.25) is 5.95 Å². The highest BCUT2D eigenvalue weighted by Crippen LogP contribution is 2.46. The van der Waals surface area contributed by atoms with E-state index >= 15 is 0 Å². The Morgan fingerprint density at radius 1 is 1.14 bits per heavy atom. The molecule has 2 N–H and O–H groups in total. The number of rotatable bonds is 8. The lowest BCUT2D eigenvalue weighted by molar-refractivity contribution is -0.143. The molecule has 180 valence electrons. The number of benzene rings is 2. The van der Waals surface area contributed by atoms with E-state index in [1.54, 1.807) is 35.6 Å². The molecule has 9 nitrogen and oxygen atoms in total. The third-order valence-electron chi connectivity index (χ3n) is 6.16. The Kier molecular flexibility index (Phi) is 5.94. The van der Waals surface area contributed by atoms with Gasteiger partial charge in [-0.25, -0.2) is 19.1 Å². The Morgan fingerprint density at radius 2 is 1.89 bits per heavy atom. The molecule has 35 heavy (non-hydrogen) atoms. The predicted molar refractivity (Wildman–Crippen MR) is 135 cm³/mol. The molecule has 1 fully saturated rings. The van der Waals surface area contributed by atoms with Crippen LogP contribution in [-0.4, -0.2) is 30.2 Å². The summed E-state index contributed by atoms with van der Waals surface area (Å²) in [6, 6.07) is 12.6. The lowest BCUT2D eigenvalue weighted by Crippen LogP contribution is -2.45. The van der Waals surface area contributed by atoms with Crippen molar-refractivity contribution in [2.24, 2.45) is 5.41 Å². The largest absolute Gasteiger partial charge is 0.481 e. The summed E-state index contributed by atoms with van der Waals surface area (Å²) in [7, 11) is 0. The summed E-state index contributed by atoms with van der Waals surface area (Å²) in [5.74, 6) is -0.939. The van der Waals surface area contributed by atoms with Gasteiger partial charge in [0, 0.05) is 17.3 Å². The summed E-state index contributed by atoms with van der Waals surface area (Å²) in [6.07, 6.45) is 1.67. The van der Waals surface area contributed by atoms with E-state index in [4.69, 9.17) is 11.6 Å². The maximum Gasteiger partial charge on any atom is 0.354 e. The van der Waals surface area contributed by atoms with Gasteiger partial charge >= 0.3 is 17.3 Å². The molecule has 0 amide bonds. The summed E-state index contributed by atoms with van der Waals surface area (Å²) < 4.78 is 3.24. The van der Waals surface area contributed by atoms with Crippen molar-refractivity contribution < 1.29 is 9.90 Å². The summed E-state index contributed by atoms with van der Waals surface area (Å²) in [5, 5.41) is 14.2. The van der Waals surface area contributed by atoms with Gasteiger partial charge in [-0.2, -0.15) is 4.98 Å². The number of thiazole rings is 1. The molecule has 0 aliphatic heterocycles. The quantitative estimate of drug-likeness (QED) is 0.368. The van der Waals surface area contributed by atoms with Crippen LogP contribution in [0.25, 0.3) is 10.2 Å². The number of anilines is 2. The molecule has 0 saturated heterocycles. The van der Waals surface area contributed by atoms with E-state index in [0.29, 0.717) is 23.6 Å². The Hall–Kier alpha value is -3.50. The van der Waals surface area contributed by atoms with Gasteiger partial charge in [0.05, 0.1) is 27.2 Å². The van der Waals surface area contributed by atoms with Gasteiger partial charge in [-0.3, -0.25) is 9.36 Å². The van der Waals surface area contributed by atoms with Gasteiger partial charge in [0.25, 0.3) is 0 Å². The van der Waals surface area contributed by atoms with Gasteiger partial charge in [0.1, 0.15) is 0 Å². The molecule has 4 aromatic rings. The normalized spacial score (nSPS) is 14.2. The first-order valence-electron chi connectivity index (χ1n) is 11.1. The van der Waals surface area contributed by atoms with Crippen molar-refractivity contribution in [1.29, 1.82) is 0 Å². The Balaban J connectivity index is 1.57. The minimum atomic E-state index is -1.09. The number of aromatic nitrogens is 4. The second kappa shape index (κ2) is 8.94. The van der Waals surface area contributed by atoms with E-state index in [1.165, 1.54) is 4.57 Å². The summed E-state index contributed by atoms with van der Waals surface area (Å²) in [5.41, 5.74) is -0.195. The Labute approximate surface area is 208 Å². The van der Waals surface area contributed by atoms with E-state index in [9.17, 15) is 19.5 Å². The van der Waals surface area contributed by atoms with Crippen LogP contribution in [0.4, 0.5) is 11.6 Å². The zero-order chi connectivity index (χ0) is 24.7. The van der Waals surface area contributed by atoms with E-state index in [2.05, 4.69) is 15.3 Å². The van der Waals surface area contributed by atoms with Gasteiger partial charge in [-0.1, -0.05) is 30.7 Å². The molecule has 0 bridgehead atoms. The first-order valence-corrected chi connectivity index (χ1v) is 12.3. The standard InChI is InChI=1S/C24H22ClN5O4S/c1-2-19-27-17-8-7-16(11-18(17)35-19)26-21-28-22(33)30(13-24(9-10-24)20(31)32)23(34)29(21)12-14-3-5-15(25)6-4-14/h3-8,11H,2,9-10,12-13H2,1H3,(H,31,32)(H,26,28,33). The van der Waals surface area contributed by atoms with Crippen LogP contribution in [0.3, 0.4) is 0 Å². The van der Waals surface area contributed by atoms with Gasteiger partial charge in [0.15, 0.2) is 0 Å². The first-order chi connectivity index (χ1) is 16.8. The minimum absolute atomic E-state index is 0.0750. The fraction of sp³-hybridized carbons (Fsp3) is 0.292. The van der Waals surface area contributed by atoms with Crippen molar-refractivity contribution in [1.82, 2.24) is 19.1 Å². The molecule has 0 atom stereocenters. The van der Waals surface area contributed by atoms with Crippen LogP contribution in [0, 0.1) is 5.41 Å². The number of aryl methyl sites for hydroxylation is 1. The molecule has 1 aliphatic carbocycles. The number of hydrogen-bond acceptors (Lipinski definition) is 7. The Morgan fingerprint density at radius 3 is 2.54 bits per heavy atom. The highest BCUT2D eigenvalue weighted by atomic mass is 35.5. The third-order valence-corrected chi connectivity index (χ3v) is 7.58. The fourth-order valence-electron chi connectivity index (χ4n) is 3.90. The molecule has 2 heterocycles. The number of nitrogens with one attached hydrogen (secondary N) is 1. The van der Waals surface area contributed by atoms with Crippen LogP contribution < -0.4 is 16.7 Å². The number of carbonyl (C=O) groups is 1. The fourth-order valence-corrected chi connectivity index (χ4v) is 4.97. The van der Waals surface area contributed by atoms with Crippen molar-refractivity contribution in [3.05, 3.63) is 79.0 Å². The molecular weight excluding hydrogens is 490 g/mol. The van der Waals surface area contributed by atoms with E-state index in [-0.39, 0.29) is 19.0 Å². The summed E-state index contributed by atoms with van der Waals surface area (Å²) >= 11 is 7.58. The first kappa shape index (κ1) is 23.3. The Bertz CT molecular complexity index is 1550. The molecule has 1 aliphatic rings. The van der Waals surface area contributed by atoms with Crippen LogP contribution in [-0.2, 0) is 24.3 Å². The second-order valence-corrected chi connectivity index (χ2v) is 10.2. The molecular formula is C24H22ClN5O4S. The number of hydrogen-bond donors (Lipinski definition) is 2. The molecule has 1 saturated carbocycles. The number of fused-ring (bicyclic) bond motifs is 1. The van der Waals surface area contributed by atoms with Crippen LogP contribution >= 0.6 is 22.9 Å². The molecule has 5 rings (SSSR count). The van der Waals surface area contributed by atoms with Crippen LogP contribution in [0.15, 0.2) is 52.1 Å². The number of carboxylic acids is 1. The topological polar surface area (TPSA) is 119 Å². The third kappa shape index (κ3) is 4.59. The van der Waals surface area contributed by atoms with E-state index in [0.717, 1.165) is 31.8 Å². The monoisotopic (exact) mass is 511 g/mol. The average molecular weight is 512 g/mol. The maximum atomic E-state index is 13.5. The molecule has 11 heteroatoms. The average Bonchev–Trinajstić information content (AvgIpc) is 3.51. The van der Waals surface area contributed by atoms with Crippen LogP contribution in [0.2, 0.25) is 5.02 Å². The van der Waals surface area contributed by atoms with Gasteiger partial charge < -0.3 is 10.4 Å². The smallest absolute Gasteiger partial charge is 0.354 e. The van der Waals surface area contributed by atoms with Crippen LogP contribution in [0.5, 0.6) is 0 Å². The van der Waals surface area contributed by atoms with Crippen molar-refractivity contribution in [3.63, 3.8) is 0 Å². The van der Waals surface area contributed by atoms with Crippen molar-refractivity contribution >= 4 is 50.8 Å². The maximum absolute atomic E-state index is 13.5. The predicted octanol–water partition coefficient (Wildman–Crippen LogP) is 3.89. The van der Waals surface area contributed by atoms with E-state index < -0.39 is 22.8 Å². The zero-order valence-corrected chi connectivity index (χ0v) is 20.4. The van der Waals surface area contributed by atoms with Gasteiger partial charge in [-0.15, -0.1) is 11.3 Å². The van der Waals surface area contributed by atoms with Crippen LogP contribution in [0.1, 0.15) is 30.3 Å².